The monoisotopic (exact) mass is 315 g/mol. The maximum absolute atomic E-state index is 12.2. The molecule has 0 fully saturated rings. The molecule has 2 aliphatic rings. The van der Waals surface area contributed by atoms with Crippen LogP contribution in [0.25, 0.3) is 0 Å². The molecular weight excluding hydrogens is 302 g/mol. The second kappa shape index (κ2) is 5.27. The lowest BCUT2D eigenvalue weighted by molar-refractivity contribution is -0.125. The number of rotatable bonds is 3. The lowest BCUT2D eigenvalue weighted by Crippen LogP contribution is -2.36. The van der Waals surface area contributed by atoms with E-state index in [-0.39, 0.29) is 25.0 Å². The molecule has 1 aromatic carbocycles. The number of carbonyl (C=O) groups is 2. The molecule has 4 rings (SSSR count). The highest BCUT2D eigenvalue weighted by molar-refractivity contribution is 5.98. The Labute approximate surface area is 130 Å². The predicted octanol–water partition coefficient (Wildman–Crippen LogP) is 0.604. The van der Waals surface area contributed by atoms with Crippen LogP contribution < -0.4 is 20.1 Å². The molecule has 2 aromatic rings. The highest BCUT2D eigenvalue weighted by Crippen LogP contribution is 2.34. The molecule has 3 heterocycles. The summed E-state index contributed by atoms with van der Waals surface area (Å²) in [4.78, 5) is 28.1. The average molecular weight is 315 g/mol. The highest BCUT2D eigenvalue weighted by Gasteiger charge is 2.29. The Morgan fingerprint density at radius 1 is 1.39 bits per heavy atom. The van der Waals surface area contributed by atoms with Crippen LogP contribution in [0.4, 0.5) is 11.6 Å². The molecule has 2 amide bonds. The molecule has 9 heteroatoms. The van der Waals surface area contributed by atoms with Crippen molar-refractivity contribution in [3.8, 4) is 11.5 Å². The minimum absolute atomic E-state index is 0.0551. The molecule has 23 heavy (non-hydrogen) atoms. The van der Waals surface area contributed by atoms with Crippen molar-refractivity contribution in [2.75, 3.05) is 17.4 Å². The van der Waals surface area contributed by atoms with Gasteiger partial charge in [0.25, 0.3) is 0 Å². The van der Waals surface area contributed by atoms with E-state index < -0.39 is 5.92 Å². The van der Waals surface area contributed by atoms with Crippen LogP contribution >= 0.6 is 0 Å². The number of hydrogen-bond acceptors (Lipinski definition) is 6. The number of ether oxygens (including phenoxy) is 2. The van der Waals surface area contributed by atoms with Crippen LogP contribution in [-0.2, 0) is 16.1 Å². The van der Waals surface area contributed by atoms with Crippen LogP contribution in [-0.4, -0.2) is 33.4 Å². The Bertz CT molecular complexity index is 787. The molecular formula is C14H13N5O4. The number of hydrogen-bond donors (Lipinski definition) is 2. The highest BCUT2D eigenvalue weighted by atomic mass is 16.7. The first-order chi connectivity index (χ1) is 11.2. The largest absolute Gasteiger partial charge is 0.454 e. The molecule has 0 spiro atoms. The van der Waals surface area contributed by atoms with Crippen LogP contribution in [0.2, 0.25) is 0 Å². The standard InChI is InChI=1S/C14H13N5O4/c20-12(17-9-1-2-10-11(4-9)23-7-22-10)3-8-5-19-14(15-6-16-19)18-13(8)21/h1-2,4,6,8H,3,5,7H2,(H,17,20)(H,15,16,18,21)/t8-/m1/s1. The minimum Gasteiger partial charge on any atom is -0.454 e. The zero-order valence-electron chi connectivity index (χ0n) is 12.0. The van der Waals surface area contributed by atoms with Gasteiger partial charge in [0.05, 0.1) is 12.5 Å². The summed E-state index contributed by atoms with van der Waals surface area (Å²) in [6.45, 7) is 0.505. The normalized spacial score (nSPS) is 18.3. The van der Waals surface area contributed by atoms with Gasteiger partial charge in [0.1, 0.15) is 6.33 Å². The van der Waals surface area contributed by atoms with Crippen LogP contribution in [0.15, 0.2) is 24.5 Å². The number of benzene rings is 1. The molecule has 0 saturated carbocycles. The van der Waals surface area contributed by atoms with Crippen molar-refractivity contribution in [3.05, 3.63) is 24.5 Å². The summed E-state index contributed by atoms with van der Waals surface area (Å²) in [5.74, 6) is 0.665. The Morgan fingerprint density at radius 3 is 3.17 bits per heavy atom. The second-order valence-corrected chi connectivity index (χ2v) is 5.27. The molecule has 0 aliphatic carbocycles. The van der Waals surface area contributed by atoms with Gasteiger partial charge >= 0.3 is 0 Å². The Kier molecular flexibility index (Phi) is 3.11. The fraction of sp³-hybridized carbons (Fsp3) is 0.286. The third-order valence-corrected chi connectivity index (χ3v) is 3.70. The topological polar surface area (TPSA) is 107 Å². The second-order valence-electron chi connectivity index (χ2n) is 5.27. The number of amides is 2. The van der Waals surface area contributed by atoms with Crippen molar-refractivity contribution in [3.63, 3.8) is 0 Å². The van der Waals surface area contributed by atoms with Crippen LogP contribution in [0.1, 0.15) is 6.42 Å². The first-order valence-corrected chi connectivity index (χ1v) is 7.07. The smallest absolute Gasteiger partial charge is 0.232 e. The van der Waals surface area contributed by atoms with Crippen molar-refractivity contribution >= 4 is 23.5 Å². The zero-order valence-corrected chi connectivity index (χ0v) is 12.0. The number of nitrogens with zero attached hydrogens (tertiary/aromatic N) is 3. The van der Waals surface area contributed by atoms with Crippen LogP contribution in [0.3, 0.4) is 0 Å². The van der Waals surface area contributed by atoms with Gasteiger partial charge in [-0.15, -0.1) is 0 Å². The SMILES string of the molecule is O=C(C[C@@H]1Cn2ncnc2NC1=O)Nc1ccc2c(c1)OCO2. The van der Waals surface area contributed by atoms with E-state index in [2.05, 4.69) is 20.7 Å². The number of aromatic nitrogens is 3. The first kappa shape index (κ1) is 13.6. The minimum atomic E-state index is -0.488. The molecule has 118 valence electrons. The van der Waals surface area contributed by atoms with E-state index in [0.29, 0.717) is 29.7 Å². The van der Waals surface area contributed by atoms with Gasteiger partial charge in [0.15, 0.2) is 11.5 Å². The molecule has 0 bridgehead atoms. The van der Waals surface area contributed by atoms with Gasteiger partial charge < -0.3 is 14.8 Å². The quantitative estimate of drug-likeness (QED) is 0.859. The maximum atomic E-state index is 12.2. The zero-order chi connectivity index (χ0) is 15.8. The van der Waals surface area contributed by atoms with Crippen LogP contribution in [0.5, 0.6) is 11.5 Å². The molecule has 0 radical (unpaired) electrons. The summed E-state index contributed by atoms with van der Waals surface area (Å²) in [5.41, 5.74) is 0.594. The number of nitrogens with one attached hydrogen (secondary N) is 2. The van der Waals surface area contributed by atoms with Gasteiger partial charge in [-0.2, -0.15) is 10.1 Å². The first-order valence-electron chi connectivity index (χ1n) is 7.07. The fourth-order valence-electron chi connectivity index (χ4n) is 2.57. The van der Waals surface area contributed by atoms with Crippen molar-refractivity contribution in [2.45, 2.75) is 13.0 Å². The van der Waals surface area contributed by atoms with Crippen LogP contribution in [0, 0.1) is 5.92 Å². The summed E-state index contributed by atoms with van der Waals surface area (Å²) < 4.78 is 12.0. The van der Waals surface area contributed by atoms with Crippen molar-refractivity contribution in [1.82, 2.24) is 14.8 Å². The number of anilines is 2. The summed E-state index contributed by atoms with van der Waals surface area (Å²) in [7, 11) is 0. The lowest BCUT2D eigenvalue weighted by atomic mass is 10.0. The third-order valence-electron chi connectivity index (χ3n) is 3.70. The van der Waals surface area contributed by atoms with E-state index in [1.165, 1.54) is 6.33 Å². The van der Waals surface area contributed by atoms with Gasteiger partial charge in [-0.1, -0.05) is 0 Å². The summed E-state index contributed by atoms with van der Waals surface area (Å²) in [6, 6.07) is 5.14. The van der Waals surface area contributed by atoms with Gasteiger partial charge in [-0.25, -0.2) is 4.68 Å². The lowest BCUT2D eigenvalue weighted by Gasteiger charge is -2.21. The van der Waals surface area contributed by atoms with E-state index in [9.17, 15) is 9.59 Å². The summed E-state index contributed by atoms with van der Waals surface area (Å²) in [6.07, 6.45) is 1.42. The third kappa shape index (κ3) is 2.56. The average Bonchev–Trinajstić information content (AvgIpc) is 3.15. The number of carbonyl (C=O) groups excluding carboxylic acids is 2. The van der Waals surface area contributed by atoms with Gasteiger partial charge in [0, 0.05) is 18.2 Å². The van der Waals surface area contributed by atoms with E-state index in [1.54, 1.807) is 22.9 Å². The van der Waals surface area contributed by atoms with Crippen molar-refractivity contribution < 1.29 is 19.1 Å². The summed E-state index contributed by atoms with van der Waals surface area (Å²) >= 11 is 0. The molecule has 9 nitrogen and oxygen atoms in total. The number of fused-ring (bicyclic) bond motifs is 2. The molecule has 2 N–H and O–H groups in total. The molecule has 2 aliphatic heterocycles. The molecule has 1 aromatic heterocycles. The fourth-order valence-corrected chi connectivity index (χ4v) is 2.57. The van der Waals surface area contributed by atoms with E-state index in [0.717, 1.165) is 0 Å². The van der Waals surface area contributed by atoms with E-state index in [1.807, 2.05) is 0 Å². The van der Waals surface area contributed by atoms with Gasteiger partial charge in [-0.05, 0) is 12.1 Å². The molecule has 0 saturated heterocycles. The Morgan fingerprint density at radius 2 is 2.26 bits per heavy atom. The predicted molar refractivity (Wildman–Crippen MR) is 78.0 cm³/mol. The van der Waals surface area contributed by atoms with Crippen molar-refractivity contribution in [1.29, 1.82) is 0 Å². The van der Waals surface area contributed by atoms with Crippen molar-refractivity contribution in [2.24, 2.45) is 5.92 Å². The van der Waals surface area contributed by atoms with E-state index in [4.69, 9.17) is 9.47 Å². The maximum Gasteiger partial charge on any atom is 0.232 e. The van der Waals surface area contributed by atoms with Gasteiger partial charge in [0.2, 0.25) is 24.6 Å². The Balaban J connectivity index is 1.41. The van der Waals surface area contributed by atoms with Gasteiger partial charge in [-0.3, -0.25) is 14.9 Å². The Hall–Kier alpha value is -3.10. The molecule has 1 atom stereocenters. The van der Waals surface area contributed by atoms with E-state index >= 15 is 0 Å². The molecule has 0 unspecified atom stereocenters. The summed E-state index contributed by atoms with van der Waals surface area (Å²) in [5, 5.41) is 9.39.